The normalized spacial score (nSPS) is 18.4. The molecule has 1 amide bonds. The van der Waals surface area contributed by atoms with Gasteiger partial charge in [-0.25, -0.2) is 4.98 Å². The molecule has 2 aromatic rings. The fourth-order valence-corrected chi connectivity index (χ4v) is 4.54. The zero-order chi connectivity index (χ0) is 24.0. The number of nitrogens with one attached hydrogen (secondary N) is 1. The quantitative estimate of drug-likeness (QED) is 0.189. The number of esters is 1. The van der Waals surface area contributed by atoms with Crippen LogP contribution in [0.15, 0.2) is 36.5 Å². The van der Waals surface area contributed by atoms with E-state index in [9.17, 15) is 9.59 Å². The van der Waals surface area contributed by atoms with Crippen molar-refractivity contribution in [3.8, 4) is 11.5 Å². The van der Waals surface area contributed by atoms with Crippen LogP contribution in [0.4, 0.5) is 11.5 Å². The number of carbonyl (C=O) groups excluding carboxylic acids is 2. The van der Waals surface area contributed by atoms with E-state index in [1.807, 2.05) is 39.0 Å². The van der Waals surface area contributed by atoms with E-state index in [1.54, 1.807) is 18.3 Å². The number of carbonyl (C=O) groups is 2. The number of alkyl halides is 1. The third-order valence-electron chi connectivity index (χ3n) is 5.55. The standard InChI is InChI=1S/C25H32IN3O4/c1-25(2,3)33-24(31)17-6-4-16(5-7-17)12-23(30)29-22-14-20(10-11-28-22)32-19-8-9-21(27)18(13-19)15-26/h8-11,13-14,16-17H,4-7,12,15,27H2,1-3H3,(H,28,29,30). The van der Waals surface area contributed by atoms with Gasteiger partial charge in [0.15, 0.2) is 0 Å². The van der Waals surface area contributed by atoms with Gasteiger partial charge in [0.1, 0.15) is 22.9 Å². The van der Waals surface area contributed by atoms with Crippen LogP contribution in [-0.2, 0) is 18.8 Å². The highest BCUT2D eigenvalue weighted by Crippen LogP contribution is 2.33. The molecule has 1 aromatic heterocycles. The zero-order valence-electron chi connectivity index (χ0n) is 19.4. The lowest BCUT2D eigenvalue weighted by Crippen LogP contribution is -2.31. The Balaban J connectivity index is 1.50. The number of anilines is 2. The topological polar surface area (TPSA) is 104 Å². The maximum absolute atomic E-state index is 12.6. The van der Waals surface area contributed by atoms with Crippen molar-refractivity contribution in [1.29, 1.82) is 0 Å². The van der Waals surface area contributed by atoms with Crippen molar-refractivity contribution >= 4 is 46.0 Å². The molecule has 0 aliphatic heterocycles. The molecule has 178 valence electrons. The third-order valence-corrected chi connectivity index (χ3v) is 6.38. The van der Waals surface area contributed by atoms with Crippen molar-refractivity contribution in [3.05, 3.63) is 42.1 Å². The number of hydrogen-bond acceptors (Lipinski definition) is 6. The summed E-state index contributed by atoms with van der Waals surface area (Å²) >= 11 is 2.26. The summed E-state index contributed by atoms with van der Waals surface area (Å²) in [4.78, 5) is 29.1. The molecule has 8 heteroatoms. The van der Waals surface area contributed by atoms with E-state index in [0.29, 0.717) is 23.7 Å². The number of amides is 1. The highest BCUT2D eigenvalue weighted by molar-refractivity contribution is 14.1. The molecule has 1 heterocycles. The number of ether oxygens (including phenoxy) is 2. The molecule has 33 heavy (non-hydrogen) atoms. The average molecular weight is 565 g/mol. The van der Waals surface area contributed by atoms with Crippen LogP contribution < -0.4 is 15.8 Å². The van der Waals surface area contributed by atoms with E-state index >= 15 is 0 Å². The van der Waals surface area contributed by atoms with Gasteiger partial charge in [-0.05, 0) is 82.2 Å². The number of halogens is 1. The predicted octanol–water partition coefficient (Wildman–Crippen LogP) is 5.87. The molecule has 3 rings (SSSR count). The Morgan fingerprint density at radius 2 is 1.82 bits per heavy atom. The largest absolute Gasteiger partial charge is 0.460 e. The van der Waals surface area contributed by atoms with Gasteiger partial charge in [0.05, 0.1) is 5.92 Å². The van der Waals surface area contributed by atoms with Crippen LogP contribution in [0.25, 0.3) is 0 Å². The van der Waals surface area contributed by atoms with E-state index in [1.165, 1.54) is 0 Å². The molecule has 1 fully saturated rings. The first-order valence-electron chi connectivity index (χ1n) is 11.2. The average Bonchev–Trinajstić information content (AvgIpc) is 2.74. The maximum atomic E-state index is 12.6. The van der Waals surface area contributed by atoms with Gasteiger partial charge in [0.25, 0.3) is 0 Å². The minimum Gasteiger partial charge on any atom is -0.460 e. The molecule has 0 spiro atoms. The molecule has 0 atom stereocenters. The highest BCUT2D eigenvalue weighted by Gasteiger charge is 2.30. The number of hydrogen-bond donors (Lipinski definition) is 2. The van der Waals surface area contributed by atoms with Crippen molar-refractivity contribution in [1.82, 2.24) is 4.98 Å². The fraction of sp³-hybridized carbons (Fsp3) is 0.480. The number of aromatic nitrogens is 1. The molecule has 0 radical (unpaired) electrons. The number of benzene rings is 1. The summed E-state index contributed by atoms with van der Waals surface area (Å²) in [6.45, 7) is 5.65. The van der Waals surface area contributed by atoms with Crippen molar-refractivity contribution in [3.63, 3.8) is 0 Å². The predicted molar refractivity (Wildman–Crippen MR) is 137 cm³/mol. The molecule has 1 aromatic carbocycles. The van der Waals surface area contributed by atoms with Gasteiger partial charge in [-0.1, -0.05) is 22.6 Å². The van der Waals surface area contributed by atoms with E-state index in [-0.39, 0.29) is 23.7 Å². The van der Waals surface area contributed by atoms with Gasteiger partial charge >= 0.3 is 5.97 Å². The second kappa shape index (κ2) is 11.2. The summed E-state index contributed by atoms with van der Waals surface area (Å²) in [5.41, 5.74) is 7.23. The third kappa shape index (κ3) is 7.87. The van der Waals surface area contributed by atoms with Crippen LogP contribution in [0.2, 0.25) is 0 Å². The summed E-state index contributed by atoms with van der Waals surface area (Å²) < 4.78 is 12.2. The second-order valence-corrected chi connectivity index (χ2v) is 10.2. The van der Waals surface area contributed by atoms with Crippen LogP contribution in [0, 0.1) is 11.8 Å². The van der Waals surface area contributed by atoms with Crippen molar-refractivity contribution in [2.75, 3.05) is 11.1 Å². The van der Waals surface area contributed by atoms with Crippen LogP contribution >= 0.6 is 22.6 Å². The SMILES string of the molecule is CC(C)(C)OC(=O)C1CCC(CC(=O)Nc2cc(Oc3ccc(N)c(CI)c3)ccn2)CC1. The first kappa shape index (κ1) is 25.3. The van der Waals surface area contributed by atoms with Crippen molar-refractivity contribution < 1.29 is 19.1 Å². The van der Waals surface area contributed by atoms with Crippen LogP contribution in [0.3, 0.4) is 0 Å². The monoisotopic (exact) mass is 565 g/mol. The first-order chi connectivity index (χ1) is 15.6. The summed E-state index contributed by atoms with van der Waals surface area (Å²) in [5, 5.41) is 2.87. The molecule has 1 aliphatic rings. The summed E-state index contributed by atoms with van der Waals surface area (Å²) in [5.74, 6) is 1.69. The van der Waals surface area contributed by atoms with Gasteiger partial charge in [0.2, 0.25) is 5.91 Å². The van der Waals surface area contributed by atoms with E-state index in [0.717, 1.165) is 41.4 Å². The molecular formula is C25H32IN3O4. The van der Waals surface area contributed by atoms with Gasteiger partial charge in [-0.3, -0.25) is 9.59 Å². The van der Waals surface area contributed by atoms with Gasteiger partial charge in [-0.15, -0.1) is 0 Å². The summed E-state index contributed by atoms with van der Waals surface area (Å²) in [7, 11) is 0. The zero-order valence-corrected chi connectivity index (χ0v) is 21.6. The van der Waals surface area contributed by atoms with E-state index < -0.39 is 5.60 Å². The van der Waals surface area contributed by atoms with E-state index in [4.69, 9.17) is 15.2 Å². The molecule has 3 N–H and O–H groups in total. The lowest BCUT2D eigenvalue weighted by molar-refractivity contribution is -0.161. The smallest absolute Gasteiger partial charge is 0.309 e. The van der Waals surface area contributed by atoms with E-state index in [2.05, 4.69) is 32.9 Å². The van der Waals surface area contributed by atoms with Crippen molar-refractivity contribution in [2.45, 2.75) is 62.9 Å². The first-order valence-corrected chi connectivity index (χ1v) is 12.8. The Hall–Kier alpha value is -2.36. The van der Waals surface area contributed by atoms with Crippen LogP contribution in [-0.4, -0.2) is 22.5 Å². The van der Waals surface area contributed by atoms with Gasteiger partial charge in [-0.2, -0.15) is 0 Å². The Bertz CT molecular complexity index is 982. The summed E-state index contributed by atoms with van der Waals surface area (Å²) in [6, 6.07) is 9.00. The Morgan fingerprint density at radius 3 is 2.48 bits per heavy atom. The minimum atomic E-state index is -0.467. The summed E-state index contributed by atoms with van der Waals surface area (Å²) in [6.07, 6.45) is 5.21. The molecule has 0 bridgehead atoms. The Kier molecular flexibility index (Phi) is 8.56. The molecule has 0 saturated heterocycles. The minimum absolute atomic E-state index is 0.0694. The lowest BCUT2D eigenvalue weighted by atomic mass is 9.80. The molecule has 7 nitrogen and oxygen atoms in total. The molecular weight excluding hydrogens is 533 g/mol. The molecule has 1 saturated carbocycles. The second-order valence-electron chi connectivity index (χ2n) is 9.48. The Labute approximate surface area is 209 Å². The van der Waals surface area contributed by atoms with Gasteiger partial charge < -0.3 is 20.5 Å². The van der Waals surface area contributed by atoms with Crippen molar-refractivity contribution in [2.24, 2.45) is 11.8 Å². The highest BCUT2D eigenvalue weighted by atomic mass is 127. The Morgan fingerprint density at radius 1 is 1.12 bits per heavy atom. The number of nitrogen functional groups attached to an aromatic ring is 1. The van der Waals surface area contributed by atoms with Gasteiger partial charge in [0, 0.05) is 28.8 Å². The molecule has 0 unspecified atom stereocenters. The fourth-order valence-electron chi connectivity index (χ4n) is 3.88. The van der Waals surface area contributed by atoms with Crippen LogP contribution in [0.1, 0.15) is 58.4 Å². The number of nitrogens with two attached hydrogens (primary N) is 1. The number of nitrogens with zero attached hydrogens (tertiary/aromatic N) is 1. The molecule has 1 aliphatic carbocycles. The van der Waals surface area contributed by atoms with Crippen LogP contribution in [0.5, 0.6) is 11.5 Å². The number of pyridine rings is 1. The maximum Gasteiger partial charge on any atom is 0.309 e. The lowest BCUT2D eigenvalue weighted by Gasteiger charge is -2.29. The number of rotatable bonds is 7.